The Kier molecular flexibility index (Phi) is 6.86. The van der Waals surface area contributed by atoms with Crippen molar-refractivity contribution in [2.24, 2.45) is 7.05 Å². The summed E-state index contributed by atoms with van der Waals surface area (Å²) in [6.45, 7) is 6.05. The van der Waals surface area contributed by atoms with Gasteiger partial charge in [-0.3, -0.25) is 4.79 Å². The van der Waals surface area contributed by atoms with E-state index in [0.717, 1.165) is 23.2 Å². The van der Waals surface area contributed by atoms with E-state index < -0.39 is 22.0 Å². The number of rotatable bonds is 7. The molecule has 1 saturated heterocycles. The van der Waals surface area contributed by atoms with Gasteiger partial charge in [0.25, 0.3) is 0 Å². The number of hydrogen-bond donors (Lipinski definition) is 1. The number of carbonyl (C=O) groups is 2. The van der Waals surface area contributed by atoms with E-state index in [2.05, 4.69) is 5.32 Å². The fraction of sp³-hybridized carbons (Fsp3) is 0.455. The third-order valence-corrected chi connectivity index (χ3v) is 7.44. The Morgan fingerprint density at radius 1 is 1.26 bits per heavy atom. The fourth-order valence-electron chi connectivity index (χ4n) is 3.92. The maximum atomic E-state index is 13.3. The van der Waals surface area contributed by atoms with Crippen LogP contribution in [-0.4, -0.2) is 48.4 Å². The van der Waals surface area contributed by atoms with E-state index in [-0.39, 0.29) is 29.6 Å². The van der Waals surface area contributed by atoms with Gasteiger partial charge in [0, 0.05) is 25.5 Å². The molecule has 0 saturated carbocycles. The van der Waals surface area contributed by atoms with E-state index in [0.29, 0.717) is 12.8 Å². The summed E-state index contributed by atoms with van der Waals surface area (Å²) in [5.41, 5.74) is 2.82. The van der Waals surface area contributed by atoms with Gasteiger partial charge in [-0.15, -0.1) is 0 Å². The van der Waals surface area contributed by atoms with Crippen molar-refractivity contribution in [3.63, 3.8) is 0 Å². The lowest BCUT2D eigenvalue weighted by Crippen LogP contribution is -2.43. The van der Waals surface area contributed by atoms with Crippen molar-refractivity contribution in [2.75, 3.05) is 18.5 Å². The minimum absolute atomic E-state index is 0.0251. The number of hydrogen-bond acceptors (Lipinski definition) is 5. The van der Waals surface area contributed by atoms with Gasteiger partial charge in [-0.25, -0.2) is 13.2 Å². The van der Waals surface area contributed by atoms with Crippen LogP contribution in [0.3, 0.4) is 0 Å². The van der Waals surface area contributed by atoms with Crippen LogP contribution in [0.4, 0.5) is 5.69 Å². The quantitative estimate of drug-likeness (QED) is 0.658. The Hall–Kier alpha value is -2.65. The molecule has 0 radical (unpaired) electrons. The molecule has 1 N–H and O–H groups in total. The predicted molar refractivity (Wildman–Crippen MR) is 117 cm³/mol. The minimum atomic E-state index is -3.96. The molecule has 1 aliphatic heterocycles. The van der Waals surface area contributed by atoms with Gasteiger partial charge in [0.05, 0.1) is 6.61 Å². The van der Waals surface area contributed by atoms with E-state index in [1.165, 1.54) is 21.1 Å². The maximum Gasteiger partial charge on any atom is 0.354 e. The molecule has 1 amide bonds. The first-order valence-electron chi connectivity index (χ1n) is 10.4. The molecule has 2 heterocycles. The SMILES string of the molecule is CCOC(=O)c1cc(S(=O)(=O)N2CCC[C@@H]2C(=O)Nc2c(C)cccc2CC)cn1C. The molecule has 1 fully saturated rings. The van der Waals surface area contributed by atoms with Gasteiger partial charge in [-0.2, -0.15) is 4.31 Å². The summed E-state index contributed by atoms with van der Waals surface area (Å²) in [4.78, 5) is 25.1. The average Bonchev–Trinajstić information content (AvgIpc) is 3.37. The summed E-state index contributed by atoms with van der Waals surface area (Å²) in [5.74, 6) is -0.930. The van der Waals surface area contributed by atoms with Gasteiger partial charge in [0.2, 0.25) is 15.9 Å². The number of sulfonamides is 1. The topological polar surface area (TPSA) is 97.7 Å². The third kappa shape index (κ3) is 4.52. The molecule has 8 nitrogen and oxygen atoms in total. The number of aromatic nitrogens is 1. The van der Waals surface area contributed by atoms with Crippen molar-refractivity contribution in [1.29, 1.82) is 0 Å². The number of ether oxygens (including phenoxy) is 1. The van der Waals surface area contributed by atoms with Crippen molar-refractivity contribution in [2.45, 2.75) is 51.0 Å². The second-order valence-corrected chi connectivity index (χ2v) is 9.51. The van der Waals surface area contributed by atoms with Crippen LogP contribution < -0.4 is 5.32 Å². The van der Waals surface area contributed by atoms with Crippen LogP contribution in [-0.2, 0) is 33.0 Å². The Labute approximate surface area is 183 Å². The smallest absolute Gasteiger partial charge is 0.354 e. The van der Waals surface area contributed by atoms with Crippen molar-refractivity contribution in [1.82, 2.24) is 8.87 Å². The molecule has 0 spiro atoms. The number of esters is 1. The van der Waals surface area contributed by atoms with Crippen LogP contribution in [0.25, 0.3) is 0 Å². The van der Waals surface area contributed by atoms with Crippen molar-refractivity contribution in [3.8, 4) is 0 Å². The molecular formula is C22H29N3O5S. The van der Waals surface area contributed by atoms with Crippen LogP contribution >= 0.6 is 0 Å². The van der Waals surface area contributed by atoms with Gasteiger partial charge in [-0.1, -0.05) is 25.1 Å². The van der Waals surface area contributed by atoms with E-state index in [9.17, 15) is 18.0 Å². The summed E-state index contributed by atoms with van der Waals surface area (Å²) < 4.78 is 34.3. The summed E-state index contributed by atoms with van der Waals surface area (Å²) in [7, 11) is -2.37. The highest BCUT2D eigenvalue weighted by atomic mass is 32.2. The number of amides is 1. The van der Waals surface area contributed by atoms with Crippen molar-refractivity contribution >= 4 is 27.6 Å². The highest BCUT2D eigenvalue weighted by Crippen LogP contribution is 2.29. The highest BCUT2D eigenvalue weighted by Gasteiger charge is 2.40. The largest absolute Gasteiger partial charge is 0.461 e. The number of nitrogens with zero attached hydrogens (tertiary/aromatic N) is 2. The van der Waals surface area contributed by atoms with Gasteiger partial charge in [0.15, 0.2) is 0 Å². The fourth-order valence-corrected chi connectivity index (χ4v) is 5.65. The van der Waals surface area contributed by atoms with Crippen molar-refractivity contribution < 1.29 is 22.7 Å². The molecule has 168 valence electrons. The first kappa shape index (κ1) is 23.0. The van der Waals surface area contributed by atoms with Crippen LogP contribution in [0.15, 0.2) is 35.4 Å². The number of para-hydroxylation sites is 1. The third-order valence-electron chi connectivity index (χ3n) is 5.57. The molecule has 31 heavy (non-hydrogen) atoms. The molecular weight excluding hydrogens is 418 g/mol. The lowest BCUT2D eigenvalue weighted by Gasteiger charge is -2.24. The van der Waals surface area contributed by atoms with E-state index in [1.807, 2.05) is 32.0 Å². The highest BCUT2D eigenvalue weighted by molar-refractivity contribution is 7.89. The maximum absolute atomic E-state index is 13.3. The van der Waals surface area contributed by atoms with E-state index in [4.69, 9.17) is 4.74 Å². The molecule has 0 bridgehead atoms. The van der Waals surface area contributed by atoms with Gasteiger partial charge >= 0.3 is 5.97 Å². The van der Waals surface area contributed by atoms with E-state index >= 15 is 0 Å². The minimum Gasteiger partial charge on any atom is -0.461 e. The molecule has 1 aromatic carbocycles. The zero-order chi connectivity index (χ0) is 22.8. The Bertz CT molecular complexity index is 1090. The Morgan fingerprint density at radius 2 is 2.00 bits per heavy atom. The molecule has 0 aliphatic carbocycles. The summed E-state index contributed by atoms with van der Waals surface area (Å²) >= 11 is 0. The molecule has 0 unspecified atom stereocenters. The number of anilines is 1. The normalized spacial score (nSPS) is 17.0. The summed E-state index contributed by atoms with van der Waals surface area (Å²) in [6.07, 6.45) is 3.16. The van der Waals surface area contributed by atoms with Crippen LogP contribution in [0.5, 0.6) is 0 Å². The van der Waals surface area contributed by atoms with Gasteiger partial charge in [0.1, 0.15) is 16.6 Å². The second kappa shape index (κ2) is 9.23. The second-order valence-electron chi connectivity index (χ2n) is 7.62. The lowest BCUT2D eigenvalue weighted by molar-refractivity contribution is -0.119. The first-order chi connectivity index (χ1) is 14.7. The average molecular weight is 448 g/mol. The van der Waals surface area contributed by atoms with E-state index in [1.54, 1.807) is 14.0 Å². The van der Waals surface area contributed by atoms with Crippen LogP contribution in [0.1, 0.15) is 48.3 Å². The standard InChI is InChI=1S/C22H29N3O5S/c1-5-16-10-7-9-15(3)20(16)23-21(26)18-11-8-12-25(18)31(28,29)17-13-19(24(4)14-17)22(27)30-6-2/h7,9-10,13-14,18H,5-6,8,11-12H2,1-4H3,(H,23,26)/t18-/m1/s1. The lowest BCUT2D eigenvalue weighted by atomic mass is 10.1. The number of nitrogens with one attached hydrogen (secondary N) is 1. The van der Waals surface area contributed by atoms with Gasteiger partial charge < -0.3 is 14.6 Å². The molecule has 1 aromatic heterocycles. The molecule has 3 rings (SSSR count). The van der Waals surface area contributed by atoms with Crippen LogP contribution in [0, 0.1) is 6.92 Å². The number of aryl methyl sites for hydroxylation is 3. The molecule has 2 aromatic rings. The van der Waals surface area contributed by atoms with Crippen molar-refractivity contribution in [3.05, 3.63) is 47.3 Å². The van der Waals surface area contributed by atoms with Crippen LogP contribution in [0.2, 0.25) is 0 Å². The predicted octanol–water partition coefficient (Wildman–Crippen LogP) is 2.86. The number of carbonyl (C=O) groups excluding carboxylic acids is 2. The first-order valence-corrected chi connectivity index (χ1v) is 11.9. The monoisotopic (exact) mass is 447 g/mol. The summed E-state index contributed by atoms with van der Waals surface area (Å²) in [5, 5.41) is 2.95. The molecule has 9 heteroatoms. The molecule has 1 aliphatic rings. The Morgan fingerprint density at radius 3 is 2.68 bits per heavy atom. The zero-order valence-corrected chi connectivity index (χ0v) is 19.2. The zero-order valence-electron chi connectivity index (χ0n) is 18.3. The Balaban J connectivity index is 1.87. The number of benzene rings is 1. The molecule has 1 atom stereocenters. The van der Waals surface area contributed by atoms with Gasteiger partial charge in [-0.05, 0) is 50.3 Å². The summed E-state index contributed by atoms with van der Waals surface area (Å²) in [6, 6.07) is 6.30.